The molecule has 3 aliphatic rings. The first kappa shape index (κ1) is 28.4. The minimum absolute atomic E-state index is 0.114. The van der Waals surface area contributed by atoms with Crippen LogP contribution in [0.4, 0.5) is 23.7 Å². The summed E-state index contributed by atoms with van der Waals surface area (Å²) in [6, 6.07) is 6.01. The number of hydrogen-bond acceptors (Lipinski definition) is 6. The normalized spacial score (nSPS) is 22.9. The molecule has 1 amide bonds. The number of piperazine rings is 1. The summed E-state index contributed by atoms with van der Waals surface area (Å²) in [5.74, 6) is 0.148. The van der Waals surface area contributed by atoms with E-state index in [1.54, 1.807) is 0 Å². The third kappa shape index (κ3) is 6.70. The molecule has 4 rings (SSSR count). The Morgan fingerprint density at radius 1 is 1.14 bits per heavy atom. The minimum atomic E-state index is -4.57. The van der Waals surface area contributed by atoms with Crippen LogP contribution in [-0.4, -0.2) is 99.1 Å². The van der Waals surface area contributed by atoms with E-state index in [2.05, 4.69) is 14.5 Å². The molecule has 1 spiro atoms. The summed E-state index contributed by atoms with van der Waals surface area (Å²) in [5, 5.41) is 0.700. The smallest absolute Gasteiger partial charge is 0.425 e. The van der Waals surface area contributed by atoms with Crippen LogP contribution in [0.1, 0.15) is 38.2 Å². The van der Waals surface area contributed by atoms with E-state index in [0.717, 1.165) is 37.6 Å². The molecule has 37 heavy (non-hydrogen) atoms. The number of rotatable bonds is 6. The molecule has 2 atom stereocenters. The predicted octanol–water partition coefficient (Wildman–Crippen LogP) is 4.16. The van der Waals surface area contributed by atoms with E-state index in [-0.39, 0.29) is 11.4 Å². The average molecular weight is 567 g/mol. The number of anilines is 1. The molecule has 3 aliphatic heterocycles. The van der Waals surface area contributed by atoms with E-state index in [9.17, 15) is 22.2 Å². The van der Waals surface area contributed by atoms with Crippen molar-refractivity contribution in [3.63, 3.8) is 0 Å². The van der Waals surface area contributed by atoms with E-state index in [1.165, 1.54) is 4.90 Å². The second-order valence-corrected chi connectivity index (χ2v) is 11.4. The van der Waals surface area contributed by atoms with Crippen molar-refractivity contribution in [2.45, 2.75) is 57.0 Å². The van der Waals surface area contributed by atoms with Crippen molar-refractivity contribution in [3.8, 4) is 0 Å². The highest BCUT2D eigenvalue weighted by Gasteiger charge is 2.45. The summed E-state index contributed by atoms with van der Waals surface area (Å²) in [6.45, 7) is 5.91. The third-order valence-electron chi connectivity index (χ3n) is 7.86. The molecule has 1 aromatic carbocycles. The number of amides is 1. The van der Waals surface area contributed by atoms with Crippen LogP contribution >= 0.6 is 11.6 Å². The van der Waals surface area contributed by atoms with E-state index in [1.807, 2.05) is 23.1 Å². The highest BCUT2D eigenvalue weighted by atomic mass is 35.5. The van der Waals surface area contributed by atoms with Gasteiger partial charge in [0.1, 0.15) is 5.88 Å². The van der Waals surface area contributed by atoms with Gasteiger partial charge >= 0.3 is 12.3 Å². The molecule has 0 radical (unpaired) electrons. The molecule has 8 nitrogen and oxygen atoms in total. The van der Waals surface area contributed by atoms with Gasteiger partial charge in [0.2, 0.25) is 0 Å². The molecule has 0 saturated carbocycles. The number of hydrogen-bond donors (Lipinski definition) is 1. The monoisotopic (exact) mass is 566 g/mol. The van der Waals surface area contributed by atoms with Gasteiger partial charge in [0, 0.05) is 51.4 Å². The highest BCUT2D eigenvalue weighted by Crippen LogP contribution is 2.41. The lowest BCUT2D eigenvalue weighted by atomic mass is 9.85. The quantitative estimate of drug-likeness (QED) is 0.518. The number of ether oxygens (including phenoxy) is 1. The molecule has 0 bridgehead atoms. The molecule has 1 aromatic rings. The first-order valence-electron chi connectivity index (χ1n) is 12.6. The van der Waals surface area contributed by atoms with Crippen molar-refractivity contribution in [2.75, 3.05) is 56.6 Å². The predicted molar refractivity (Wildman–Crippen MR) is 136 cm³/mol. The Labute approximate surface area is 222 Å². The lowest BCUT2D eigenvalue weighted by Crippen LogP contribution is -2.53. The van der Waals surface area contributed by atoms with Crippen molar-refractivity contribution >= 4 is 34.5 Å². The van der Waals surface area contributed by atoms with Gasteiger partial charge in [-0.1, -0.05) is 23.7 Å². The molecule has 1 N–H and O–H groups in total. The zero-order chi connectivity index (χ0) is 26.8. The SMILES string of the molecule is CC(OC(=O)N1CCC2(CCCN2Cc2cccc(N3CCN(CS(=O)O)CC3)c2Cl)CC1)C(F)(F)F. The maximum absolute atomic E-state index is 12.8. The van der Waals surface area contributed by atoms with E-state index >= 15 is 0 Å². The van der Waals surface area contributed by atoms with Crippen LogP contribution in [0.15, 0.2) is 18.2 Å². The lowest BCUT2D eigenvalue weighted by Gasteiger charge is -2.45. The fourth-order valence-corrected chi connectivity index (χ4v) is 6.49. The Bertz CT molecular complexity index is 985. The van der Waals surface area contributed by atoms with Crippen LogP contribution in [0.3, 0.4) is 0 Å². The van der Waals surface area contributed by atoms with Gasteiger partial charge in [-0.3, -0.25) is 9.80 Å². The maximum Gasteiger partial charge on any atom is 0.425 e. The molecular formula is C24H34ClF3N4O4S. The Morgan fingerprint density at radius 3 is 2.43 bits per heavy atom. The number of nitrogens with zero attached hydrogens (tertiary/aromatic N) is 4. The topological polar surface area (TPSA) is 76.6 Å². The largest absolute Gasteiger partial charge is 0.437 e. The van der Waals surface area contributed by atoms with E-state index in [0.29, 0.717) is 63.7 Å². The van der Waals surface area contributed by atoms with Crippen molar-refractivity contribution in [3.05, 3.63) is 28.8 Å². The molecule has 3 saturated heterocycles. The molecule has 0 aromatic heterocycles. The number of alkyl halides is 3. The van der Waals surface area contributed by atoms with Gasteiger partial charge in [-0.25, -0.2) is 9.00 Å². The lowest BCUT2D eigenvalue weighted by molar-refractivity contribution is -0.200. The number of halogens is 4. The summed E-state index contributed by atoms with van der Waals surface area (Å²) in [4.78, 5) is 20.2. The van der Waals surface area contributed by atoms with Gasteiger partial charge in [0.05, 0.1) is 10.7 Å². The van der Waals surface area contributed by atoms with E-state index < -0.39 is 29.5 Å². The maximum atomic E-state index is 12.8. The van der Waals surface area contributed by atoms with E-state index in [4.69, 9.17) is 16.2 Å². The van der Waals surface area contributed by atoms with Gasteiger partial charge in [0.25, 0.3) is 0 Å². The van der Waals surface area contributed by atoms with Gasteiger partial charge < -0.3 is 19.1 Å². The Balaban J connectivity index is 1.37. The van der Waals surface area contributed by atoms with Crippen LogP contribution in [0, 0.1) is 0 Å². The molecule has 0 aliphatic carbocycles. The molecule has 3 fully saturated rings. The zero-order valence-electron chi connectivity index (χ0n) is 20.9. The molecule has 208 valence electrons. The van der Waals surface area contributed by atoms with Crippen LogP contribution in [0.2, 0.25) is 5.02 Å². The first-order chi connectivity index (χ1) is 17.5. The summed E-state index contributed by atoms with van der Waals surface area (Å²) in [7, 11) is 0. The fourth-order valence-electron chi connectivity index (χ4n) is 5.62. The standard InChI is InChI=1S/C24H34ClF3N4O4S/c1-18(24(26,27)28)36-22(33)31-10-7-23(8-11-31)6-3-9-32(23)16-19-4-2-5-20(21(19)25)30-14-12-29(13-15-30)17-37(34)35/h2,4-5,18H,3,6-17H2,1H3,(H,34,35). The highest BCUT2D eigenvalue weighted by molar-refractivity contribution is 7.79. The molecular weight excluding hydrogens is 533 g/mol. The zero-order valence-corrected chi connectivity index (χ0v) is 22.5. The molecule has 3 heterocycles. The van der Waals surface area contributed by atoms with Gasteiger partial charge in [0.15, 0.2) is 17.2 Å². The molecule has 13 heteroatoms. The minimum Gasteiger partial charge on any atom is -0.437 e. The Morgan fingerprint density at radius 2 is 1.81 bits per heavy atom. The number of benzene rings is 1. The van der Waals surface area contributed by atoms with Crippen molar-refractivity contribution in [1.82, 2.24) is 14.7 Å². The Hall–Kier alpha value is -1.60. The number of piperidine rings is 1. The fraction of sp³-hybridized carbons (Fsp3) is 0.708. The van der Waals surface area contributed by atoms with Gasteiger partial charge in [-0.15, -0.1) is 0 Å². The van der Waals surface area contributed by atoms with Crippen LogP contribution in [-0.2, 0) is 22.4 Å². The summed E-state index contributed by atoms with van der Waals surface area (Å²) >= 11 is 5.04. The van der Waals surface area contributed by atoms with Gasteiger partial charge in [-0.2, -0.15) is 13.2 Å². The van der Waals surface area contributed by atoms with Crippen molar-refractivity contribution in [1.29, 1.82) is 0 Å². The average Bonchev–Trinajstić information content (AvgIpc) is 3.21. The van der Waals surface area contributed by atoms with Crippen molar-refractivity contribution < 1.29 is 31.5 Å². The van der Waals surface area contributed by atoms with Gasteiger partial charge in [-0.05, 0) is 50.8 Å². The number of carbonyl (C=O) groups excluding carboxylic acids is 1. The van der Waals surface area contributed by atoms with Crippen LogP contribution < -0.4 is 4.90 Å². The molecule has 2 unspecified atom stereocenters. The summed E-state index contributed by atoms with van der Waals surface area (Å²) < 4.78 is 63.2. The van der Waals surface area contributed by atoms with Crippen molar-refractivity contribution in [2.24, 2.45) is 0 Å². The van der Waals surface area contributed by atoms with Crippen LogP contribution in [0.5, 0.6) is 0 Å². The Kier molecular flexibility index (Phi) is 8.94. The summed E-state index contributed by atoms with van der Waals surface area (Å²) in [6.07, 6.45) is -4.28. The number of likely N-dealkylation sites (tertiary alicyclic amines) is 2. The van der Waals surface area contributed by atoms with Crippen LogP contribution in [0.25, 0.3) is 0 Å². The number of carbonyl (C=O) groups is 1. The summed E-state index contributed by atoms with van der Waals surface area (Å²) in [5.41, 5.74) is 1.85. The first-order valence-corrected chi connectivity index (χ1v) is 14.2. The second kappa shape index (κ2) is 11.6. The second-order valence-electron chi connectivity index (χ2n) is 10.1. The third-order valence-corrected chi connectivity index (χ3v) is 8.88.